The van der Waals surface area contributed by atoms with Crippen LogP contribution in [0.25, 0.3) is 77.2 Å². The van der Waals surface area contributed by atoms with Crippen LogP contribution >= 0.6 is 0 Å². The third-order valence-corrected chi connectivity index (χ3v) is 12.8. The van der Waals surface area contributed by atoms with E-state index >= 15 is 0 Å². The number of furan rings is 1. The summed E-state index contributed by atoms with van der Waals surface area (Å²) in [6, 6.07) is 44.4. The Hall–Kier alpha value is -6.32. The van der Waals surface area contributed by atoms with Crippen molar-refractivity contribution in [2.24, 2.45) is 0 Å². The Morgan fingerprint density at radius 2 is 0.791 bits per heavy atom. The minimum Gasteiger partial charge on any atom is -0.455 e. The van der Waals surface area contributed by atoms with Gasteiger partial charge >= 0.3 is 0 Å². The van der Waals surface area contributed by atoms with Gasteiger partial charge < -0.3 is 9.32 Å². The standard InChI is InChI=1S/C52H22B13NO/c53-38-34(36-42(57)46(61)48(63)47(62)43(36)58)39(54)41(56)35(40(38)55)37-44(59)49(64)51(50(65)45(37)60)66(26-20-17-24(18-21-26)23-9-2-1-3-10-23)31-15-7-6-13-28(31)29-14-8-16-32-33(29)30-22-19-25-11-4-5-12-27(25)52(30)67-32/h1-22H. The molecule has 67 heavy (non-hydrogen) atoms. The van der Waals surface area contributed by atoms with E-state index in [9.17, 15) is 0 Å². The second-order valence-electron chi connectivity index (χ2n) is 16.4. The van der Waals surface area contributed by atoms with Gasteiger partial charge in [-0.2, -0.15) is 0 Å². The molecule has 9 aromatic carbocycles. The van der Waals surface area contributed by atoms with E-state index < -0.39 is 0 Å². The summed E-state index contributed by atoms with van der Waals surface area (Å²) in [5.41, 5.74) is 7.22. The lowest BCUT2D eigenvalue weighted by molar-refractivity contribution is 0.673. The minimum atomic E-state index is -0.0636. The van der Waals surface area contributed by atoms with Gasteiger partial charge in [0.25, 0.3) is 0 Å². The van der Waals surface area contributed by atoms with Crippen LogP contribution in [-0.4, -0.2) is 102 Å². The normalized spacial score (nSPS) is 11.5. The molecule has 26 radical (unpaired) electrons. The molecule has 0 fully saturated rings. The molecule has 1 heterocycles. The third-order valence-electron chi connectivity index (χ3n) is 12.8. The van der Waals surface area contributed by atoms with Crippen LogP contribution in [0.4, 0.5) is 17.1 Å². The Morgan fingerprint density at radius 3 is 1.39 bits per heavy atom. The van der Waals surface area contributed by atoms with Gasteiger partial charge in [-0.25, -0.2) is 0 Å². The van der Waals surface area contributed by atoms with Gasteiger partial charge in [0, 0.05) is 33.1 Å². The molecule has 10 rings (SSSR count). The molecule has 0 bridgehead atoms. The Balaban J connectivity index is 1.21. The average Bonchev–Trinajstić information content (AvgIpc) is 3.75. The van der Waals surface area contributed by atoms with Crippen molar-refractivity contribution in [2.45, 2.75) is 0 Å². The summed E-state index contributed by atoms with van der Waals surface area (Å²) >= 11 is 0. The zero-order valence-electron chi connectivity index (χ0n) is 36.1. The first-order valence-electron chi connectivity index (χ1n) is 21.1. The number of nitrogens with zero attached hydrogens (tertiary/aromatic N) is 1. The quantitative estimate of drug-likeness (QED) is 0.196. The van der Waals surface area contributed by atoms with E-state index in [1.54, 1.807) is 0 Å². The first kappa shape index (κ1) is 44.5. The molecule has 0 N–H and O–H groups in total. The van der Waals surface area contributed by atoms with Crippen molar-refractivity contribution in [3.05, 3.63) is 133 Å². The minimum absolute atomic E-state index is 0.00427. The zero-order chi connectivity index (χ0) is 47.2. The van der Waals surface area contributed by atoms with Gasteiger partial charge in [-0.15, -0.1) is 16.4 Å². The predicted octanol–water partition coefficient (Wildman–Crippen LogP) is -0.804. The van der Waals surface area contributed by atoms with Gasteiger partial charge in [0.05, 0.1) is 5.69 Å². The zero-order valence-corrected chi connectivity index (χ0v) is 36.1. The molecule has 0 spiro atoms. The molecule has 2 nitrogen and oxygen atoms in total. The highest BCUT2D eigenvalue weighted by Crippen LogP contribution is 2.45. The van der Waals surface area contributed by atoms with Crippen molar-refractivity contribution in [1.82, 2.24) is 0 Å². The molecular formula is C52H22B13NO. The molecule has 0 saturated heterocycles. The number of hydrogen-bond donors (Lipinski definition) is 0. The number of fused-ring (bicyclic) bond motifs is 5. The van der Waals surface area contributed by atoms with Crippen LogP contribution in [0, 0.1) is 0 Å². The van der Waals surface area contributed by atoms with Crippen molar-refractivity contribution in [2.75, 3.05) is 4.90 Å². The van der Waals surface area contributed by atoms with Crippen molar-refractivity contribution in [3.8, 4) is 44.5 Å². The average molecular weight is 817 g/mol. The summed E-state index contributed by atoms with van der Waals surface area (Å²) in [6.45, 7) is 0. The number of anilines is 3. The van der Waals surface area contributed by atoms with Crippen LogP contribution < -0.4 is 75.9 Å². The van der Waals surface area contributed by atoms with Gasteiger partial charge in [-0.3, -0.25) is 0 Å². The summed E-state index contributed by atoms with van der Waals surface area (Å²) in [5, 5.41) is 3.97. The SMILES string of the molecule is [B]c1c([B])c([B])c(-c2c([B])c([B])c(-c3c([B])c([B])c(N(c4ccc(-c5ccccc5)cc4)c4ccccc4-c4cccc5oc6c7ccccc7ccc6c45)c([B])c3[B])c([B])c2[B])c([B])c1[B]. The van der Waals surface area contributed by atoms with Crippen LogP contribution in [0.15, 0.2) is 138 Å². The lowest BCUT2D eigenvalue weighted by Gasteiger charge is -2.35. The second-order valence-corrected chi connectivity index (χ2v) is 16.4. The highest BCUT2D eigenvalue weighted by Gasteiger charge is 2.27. The smallest absolute Gasteiger partial charge is 0.143 e. The molecule has 1 aromatic heterocycles. The molecule has 0 saturated carbocycles. The van der Waals surface area contributed by atoms with Crippen LogP contribution in [0.1, 0.15) is 0 Å². The van der Waals surface area contributed by atoms with E-state index in [1.165, 1.54) is 0 Å². The molecule has 0 aliphatic carbocycles. The molecule has 0 atom stereocenters. The van der Waals surface area contributed by atoms with Crippen molar-refractivity contribution in [1.29, 1.82) is 0 Å². The third kappa shape index (κ3) is 6.98. The predicted molar refractivity (Wildman–Crippen MR) is 298 cm³/mol. The number of benzene rings is 9. The van der Waals surface area contributed by atoms with Crippen LogP contribution in [0.2, 0.25) is 0 Å². The van der Waals surface area contributed by atoms with Crippen LogP contribution in [0.3, 0.4) is 0 Å². The summed E-state index contributed by atoms with van der Waals surface area (Å²) in [6.07, 6.45) is 0. The van der Waals surface area contributed by atoms with Crippen molar-refractivity contribution in [3.63, 3.8) is 0 Å². The Labute approximate surface area is 407 Å². The lowest BCUT2D eigenvalue weighted by atomic mass is 9.55. The molecule has 0 unspecified atom stereocenters. The van der Waals surface area contributed by atoms with Gasteiger partial charge in [0.2, 0.25) is 0 Å². The Bertz CT molecular complexity index is 3600. The maximum atomic E-state index is 7.23. The van der Waals surface area contributed by atoms with Gasteiger partial charge in [-0.05, 0) is 74.7 Å². The Kier molecular flexibility index (Phi) is 11.4. The topological polar surface area (TPSA) is 16.4 Å². The molecule has 15 heteroatoms. The first-order chi connectivity index (χ1) is 32.2. The van der Waals surface area contributed by atoms with Crippen LogP contribution in [0.5, 0.6) is 0 Å². The summed E-state index contributed by atoms with van der Waals surface area (Å²) in [4.78, 5) is 1.95. The molecule has 0 amide bonds. The van der Waals surface area contributed by atoms with E-state index in [2.05, 4.69) is 30.3 Å². The number of hydrogen-bond acceptors (Lipinski definition) is 2. The monoisotopic (exact) mass is 819 g/mol. The first-order valence-corrected chi connectivity index (χ1v) is 21.1. The lowest BCUT2D eigenvalue weighted by Crippen LogP contribution is -2.57. The fourth-order valence-electron chi connectivity index (χ4n) is 9.31. The maximum Gasteiger partial charge on any atom is 0.143 e. The molecule has 10 aromatic rings. The fraction of sp³-hybridized carbons (Fsp3) is 0. The summed E-state index contributed by atoms with van der Waals surface area (Å²) in [7, 11) is 87.3. The van der Waals surface area contributed by atoms with E-state index in [-0.39, 0.29) is 93.3 Å². The van der Waals surface area contributed by atoms with E-state index in [1.807, 2.05) is 108 Å². The summed E-state index contributed by atoms with van der Waals surface area (Å²) in [5.74, 6) is 0. The highest BCUT2D eigenvalue weighted by molar-refractivity contribution is 6.72. The van der Waals surface area contributed by atoms with Gasteiger partial charge in [0.1, 0.15) is 113 Å². The van der Waals surface area contributed by atoms with Gasteiger partial charge in [-0.1, -0.05) is 158 Å². The number of para-hydroxylation sites is 1. The van der Waals surface area contributed by atoms with Crippen LogP contribution in [-0.2, 0) is 0 Å². The van der Waals surface area contributed by atoms with Crippen molar-refractivity contribution >= 4 is 223 Å². The highest BCUT2D eigenvalue weighted by atomic mass is 16.3. The molecule has 0 aliphatic heterocycles. The fourth-order valence-corrected chi connectivity index (χ4v) is 9.31. The van der Waals surface area contributed by atoms with E-state index in [0.29, 0.717) is 17.1 Å². The van der Waals surface area contributed by atoms with Crippen molar-refractivity contribution < 1.29 is 4.42 Å². The molecule has 280 valence electrons. The second kappa shape index (κ2) is 17.1. The largest absolute Gasteiger partial charge is 0.455 e. The maximum absolute atomic E-state index is 7.23. The molecule has 0 aliphatic rings. The Morgan fingerprint density at radius 1 is 0.328 bits per heavy atom. The van der Waals surface area contributed by atoms with E-state index in [0.717, 1.165) is 55.0 Å². The van der Waals surface area contributed by atoms with Gasteiger partial charge in [0.15, 0.2) is 0 Å². The number of rotatable bonds is 7. The summed E-state index contributed by atoms with van der Waals surface area (Å²) < 4.78 is 6.62. The molecular weight excluding hydrogens is 795 g/mol. The van der Waals surface area contributed by atoms with E-state index in [4.69, 9.17) is 106 Å².